The van der Waals surface area contributed by atoms with Crippen LogP contribution in [0, 0.1) is 12.8 Å². The Bertz CT molecular complexity index is 813. The third-order valence-electron chi connectivity index (χ3n) is 4.98. The molecule has 0 bridgehead atoms. The highest BCUT2D eigenvalue weighted by molar-refractivity contribution is 6.42. The zero-order valence-electron chi connectivity index (χ0n) is 12.6. The molecule has 0 unspecified atom stereocenters. The van der Waals surface area contributed by atoms with Gasteiger partial charge in [0.2, 0.25) is 0 Å². The van der Waals surface area contributed by atoms with Crippen molar-refractivity contribution in [2.75, 3.05) is 5.32 Å². The number of benzene rings is 2. The van der Waals surface area contributed by atoms with Gasteiger partial charge in [0.25, 0.3) is 0 Å². The Morgan fingerprint density at radius 2 is 1.78 bits per heavy atom. The van der Waals surface area contributed by atoms with Crippen LogP contribution in [0.25, 0.3) is 0 Å². The summed E-state index contributed by atoms with van der Waals surface area (Å²) < 4.78 is 0. The van der Waals surface area contributed by atoms with Crippen LogP contribution in [0.3, 0.4) is 0 Å². The third-order valence-corrected chi connectivity index (χ3v) is 6.05. The molecule has 0 spiro atoms. The molecule has 2 aromatic rings. The molecule has 4 heteroatoms. The van der Waals surface area contributed by atoms with E-state index in [1.807, 2.05) is 18.2 Å². The number of hydrogen-bond donors (Lipinski definition) is 1. The van der Waals surface area contributed by atoms with Crippen molar-refractivity contribution in [3.05, 3.63) is 74.2 Å². The van der Waals surface area contributed by atoms with E-state index in [0.717, 1.165) is 17.1 Å². The van der Waals surface area contributed by atoms with Gasteiger partial charge in [-0.3, -0.25) is 0 Å². The normalized spacial score (nSPS) is 25.0. The standard InChI is InChI=1S/C19H16Cl3N/c1-10-5-7-15(21)17-12-3-2-4-13(12)19(23-18(10)17)11-6-8-14(20)16(22)9-11/h2-3,5-9,12-13,19,23H,4H2,1H3/t12-,13+,19+/m1/s1. The van der Waals surface area contributed by atoms with E-state index in [1.54, 1.807) is 0 Å². The van der Waals surface area contributed by atoms with Crippen molar-refractivity contribution in [2.24, 2.45) is 5.92 Å². The van der Waals surface area contributed by atoms with Gasteiger partial charge in [-0.2, -0.15) is 0 Å². The van der Waals surface area contributed by atoms with Gasteiger partial charge in [0.05, 0.1) is 16.1 Å². The van der Waals surface area contributed by atoms with E-state index in [-0.39, 0.29) is 6.04 Å². The molecule has 3 atom stereocenters. The van der Waals surface area contributed by atoms with E-state index >= 15 is 0 Å². The molecule has 1 heterocycles. The molecule has 0 saturated heterocycles. The molecule has 2 aliphatic rings. The first-order valence-corrected chi connectivity index (χ1v) is 8.87. The molecule has 0 radical (unpaired) electrons. The summed E-state index contributed by atoms with van der Waals surface area (Å²) in [5.74, 6) is 0.789. The summed E-state index contributed by atoms with van der Waals surface area (Å²) in [6.45, 7) is 2.12. The molecule has 1 aliphatic carbocycles. The number of aryl methyl sites for hydroxylation is 1. The molecular formula is C19H16Cl3N. The molecule has 0 aromatic heterocycles. The summed E-state index contributed by atoms with van der Waals surface area (Å²) in [6.07, 6.45) is 5.59. The van der Waals surface area contributed by atoms with Gasteiger partial charge < -0.3 is 5.32 Å². The summed E-state index contributed by atoms with van der Waals surface area (Å²) in [5.41, 5.74) is 4.76. The Kier molecular flexibility index (Phi) is 3.84. The van der Waals surface area contributed by atoms with Gasteiger partial charge in [0.15, 0.2) is 0 Å². The monoisotopic (exact) mass is 363 g/mol. The Morgan fingerprint density at radius 3 is 2.57 bits per heavy atom. The number of nitrogens with one attached hydrogen (secondary N) is 1. The molecule has 0 saturated carbocycles. The van der Waals surface area contributed by atoms with Crippen LogP contribution >= 0.6 is 34.8 Å². The van der Waals surface area contributed by atoms with Crippen LogP contribution in [0.15, 0.2) is 42.5 Å². The quantitative estimate of drug-likeness (QED) is 0.550. The second kappa shape index (κ2) is 5.73. The first-order chi connectivity index (χ1) is 11.1. The molecule has 1 N–H and O–H groups in total. The van der Waals surface area contributed by atoms with Crippen molar-refractivity contribution >= 4 is 40.5 Å². The summed E-state index contributed by atoms with van der Waals surface area (Å²) in [6, 6.07) is 10.2. The van der Waals surface area contributed by atoms with Crippen molar-refractivity contribution in [3.8, 4) is 0 Å². The fourth-order valence-corrected chi connectivity index (χ4v) is 4.43. The summed E-state index contributed by atoms with van der Waals surface area (Å²) >= 11 is 18.8. The van der Waals surface area contributed by atoms with Crippen molar-refractivity contribution in [3.63, 3.8) is 0 Å². The zero-order valence-corrected chi connectivity index (χ0v) is 14.9. The van der Waals surface area contributed by atoms with Crippen molar-refractivity contribution < 1.29 is 0 Å². The van der Waals surface area contributed by atoms with Gasteiger partial charge in [-0.25, -0.2) is 0 Å². The second-order valence-electron chi connectivity index (χ2n) is 6.30. The second-order valence-corrected chi connectivity index (χ2v) is 7.52. The third kappa shape index (κ3) is 2.46. The smallest absolute Gasteiger partial charge is 0.0595 e. The van der Waals surface area contributed by atoms with Crippen LogP contribution in [0.5, 0.6) is 0 Å². The van der Waals surface area contributed by atoms with Crippen molar-refractivity contribution in [1.29, 1.82) is 0 Å². The fraction of sp³-hybridized carbons (Fsp3) is 0.263. The SMILES string of the molecule is Cc1ccc(Cl)c2c1N[C@@H](c1ccc(Cl)c(Cl)c1)[C@H]1CC=C[C@@H]21. The number of allylic oxidation sites excluding steroid dienone is 2. The fourth-order valence-electron chi connectivity index (χ4n) is 3.84. The predicted molar refractivity (Wildman–Crippen MR) is 99.0 cm³/mol. The minimum absolute atomic E-state index is 0.203. The number of halogens is 3. The molecule has 1 aliphatic heterocycles. The van der Waals surface area contributed by atoms with Crippen LogP contribution in [0.2, 0.25) is 15.1 Å². The maximum Gasteiger partial charge on any atom is 0.0595 e. The van der Waals surface area contributed by atoms with E-state index < -0.39 is 0 Å². The Morgan fingerprint density at radius 1 is 1.00 bits per heavy atom. The van der Waals surface area contributed by atoms with Gasteiger partial charge in [-0.1, -0.05) is 59.1 Å². The van der Waals surface area contributed by atoms with Crippen LogP contribution in [0.4, 0.5) is 5.69 Å². The lowest BCUT2D eigenvalue weighted by atomic mass is 9.76. The minimum Gasteiger partial charge on any atom is -0.377 e. The number of fused-ring (bicyclic) bond motifs is 3. The van der Waals surface area contributed by atoms with Gasteiger partial charge in [-0.05, 0) is 48.6 Å². The van der Waals surface area contributed by atoms with Gasteiger partial charge in [0, 0.05) is 22.2 Å². The Labute approximate surface area is 151 Å². The van der Waals surface area contributed by atoms with E-state index in [0.29, 0.717) is 21.9 Å². The predicted octanol–water partition coefficient (Wildman–Crippen LogP) is 6.78. The molecule has 2 aromatic carbocycles. The molecule has 4 rings (SSSR count). The van der Waals surface area contributed by atoms with Gasteiger partial charge >= 0.3 is 0 Å². The van der Waals surface area contributed by atoms with Gasteiger partial charge in [0.1, 0.15) is 0 Å². The zero-order chi connectivity index (χ0) is 16.1. The van der Waals surface area contributed by atoms with Gasteiger partial charge in [-0.15, -0.1) is 0 Å². The lowest BCUT2D eigenvalue weighted by Gasteiger charge is -2.39. The minimum atomic E-state index is 0.203. The lowest BCUT2D eigenvalue weighted by molar-refractivity contribution is 0.425. The maximum atomic E-state index is 6.51. The van der Waals surface area contributed by atoms with E-state index in [2.05, 4.69) is 36.5 Å². The van der Waals surface area contributed by atoms with Crippen molar-refractivity contribution in [2.45, 2.75) is 25.3 Å². The summed E-state index contributed by atoms with van der Waals surface area (Å²) in [4.78, 5) is 0. The number of hydrogen-bond acceptors (Lipinski definition) is 1. The summed E-state index contributed by atoms with van der Waals surface area (Å²) in [5, 5.41) is 5.74. The average molecular weight is 365 g/mol. The van der Waals surface area contributed by atoms with E-state index in [4.69, 9.17) is 34.8 Å². The molecule has 0 fully saturated rings. The van der Waals surface area contributed by atoms with E-state index in [9.17, 15) is 0 Å². The molecule has 118 valence electrons. The molecular weight excluding hydrogens is 349 g/mol. The Hall–Kier alpha value is -1.15. The number of anilines is 1. The highest BCUT2D eigenvalue weighted by atomic mass is 35.5. The molecule has 0 amide bonds. The van der Waals surface area contributed by atoms with E-state index in [1.165, 1.54) is 16.7 Å². The first-order valence-electron chi connectivity index (χ1n) is 7.73. The number of rotatable bonds is 1. The summed E-state index contributed by atoms with van der Waals surface area (Å²) in [7, 11) is 0. The van der Waals surface area contributed by atoms with Crippen LogP contribution in [-0.4, -0.2) is 0 Å². The van der Waals surface area contributed by atoms with Crippen LogP contribution in [-0.2, 0) is 0 Å². The maximum absolute atomic E-state index is 6.51. The first kappa shape index (κ1) is 15.4. The lowest BCUT2D eigenvalue weighted by Crippen LogP contribution is -2.29. The molecule has 23 heavy (non-hydrogen) atoms. The average Bonchev–Trinajstić information content (AvgIpc) is 3.02. The van der Waals surface area contributed by atoms with Crippen molar-refractivity contribution in [1.82, 2.24) is 0 Å². The molecule has 1 nitrogen and oxygen atoms in total. The van der Waals surface area contributed by atoms with Crippen LogP contribution in [0.1, 0.15) is 35.1 Å². The Balaban J connectivity index is 1.84. The van der Waals surface area contributed by atoms with Crippen LogP contribution < -0.4 is 5.32 Å². The topological polar surface area (TPSA) is 12.0 Å². The largest absolute Gasteiger partial charge is 0.377 e. The highest BCUT2D eigenvalue weighted by Gasteiger charge is 2.39. The highest BCUT2D eigenvalue weighted by Crippen LogP contribution is 2.52.